The van der Waals surface area contributed by atoms with E-state index in [1.54, 1.807) is 24.3 Å². The number of hydrogen-bond acceptors (Lipinski definition) is 5. The van der Waals surface area contributed by atoms with Gasteiger partial charge in [-0.15, -0.1) is 0 Å². The molecule has 158 valence electrons. The molecule has 1 aliphatic heterocycles. The molecule has 2 amide bonds. The molecule has 0 unspecified atom stereocenters. The molecule has 1 heterocycles. The number of carbonyl (C=O) groups is 3. The van der Waals surface area contributed by atoms with Gasteiger partial charge in [0.1, 0.15) is 23.4 Å². The first-order chi connectivity index (χ1) is 14.4. The number of likely N-dealkylation sites (tertiary alicyclic amines) is 1. The first-order valence-corrected chi connectivity index (χ1v) is 10.5. The molecule has 2 aromatic rings. The van der Waals surface area contributed by atoms with E-state index in [-0.39, 0.29) is 17.6 Å². The van der Waals surface area contributed by atoms with Crippen molar-refractivity contribution < 1.29 is 28.6 Å². The Balaban J connectivity index is 1.55. The van der Waals surface area contributed by atoms with Crippen molar-refractivity contribution in [2.75, 3.05) is 19.3 Å². The molecule has 0 aliphatic carbocycles. The molecule has 1 aliphatic rings. The van der Waals surface area contributed by atoms with Gasteiger partial charge in [0.25, 0.3) is 5.91 Å². The quantitative estimate of drug-likeness (QED) is 0.699. The maximum atomic E-state index is 12.9. The second-order valence-corrected chi connectivity index (χ2v) is 7.89. The smallest absolute Gasteiger partial charge is 0.326 e. The van der Waals surface area contributed by atoms with Crippen molar-refractivity contribution in [2.24, 2.45) is 0 Å². The fraction of sp³-hybridized carbons (Fsp3) is 0.286. The van der Waals surface area contributed by atoms with Gasteiger partial charge in [0.2, 0.25) is 5.91 Å². The number of nitrogens with one attached hydrogen (secondary N) is 1. The van der Waals surface area contributed by atoms with Gasteiger partial charge in [-0.25, -0.2) is 9.18 Å². The van der Waals surface area contributed by atoms with Crippen LogP contribution in [0.4, 0.5) is 4.39 Å². The third-order valence-corrected chi connectivity index (χ3v) is 5.78. The highest BCUT2D eigenvalue weighted by molar-refractivity contribution is 7.99. The molecule has 1 saturated heterocycles. The van der Waals surface area contributed by atoms with Crippen molar-refractivity contribution in [3.63, 3.8) is 0 Å². The van der Waals surface area contributed by atoms with E-state index in [0.29, 0.717) is 30.0 Å². The number of benzene rings is 2. The van der Waals surface area contributed by atoms with E-state index >= 15 is 0 Å². The van der Waals surface area contributed by atoms with Gasteiger partial charge in [-0.05, 0) is 61.2 Å². The van der Waals surface area contributed by atoms with Crippen molar-refractivity contribution in [3.05, 3.63) is 59.9 Å². The van der Waals surface area contributed by atoms with Crippen LogP contribution >= 0.6 is 11.8 Å². The van der Waals surface area contributed by atoms with Gasteiger partial charge in [0, 0.05) is 17.4 Å². The average molecular weight is 432 g/mol. The van der Waals surface area contributed by atoms with Crippen LogP contribution in [0.1, 0.15) is 16.8 Å². The Hall–Kier alpha value is -3.07. The number of amides is 2. The Labute approximate surface area is 177 Å². The first kappa shape index (κ1) is 21.6. The molecule has 2 aromatic carbocycles. The van der Waals surface area contributed by atoms with Crippen molar-refractivity contribution >= 4 is 29.5 Å². The fourth-order valence-corrected chi connectivity index (χ4v) is 3.83. The lowest BCUT2D eigenvalue weighted by molar-refractivity contribution is -0.147. The highest BCUT2D eigenvalue weighted by Crippen LogP contribution is 2.26. The third kappa shape index (κ3) is 5.29. The minimum atomic E-state index is -1.04. The third-order valence-electron chi connectivity index (χ3n) is 4.77. The Morgan fingerprint density at radius 3 is 2.30 bits per heavy atom. The standard InChI is InChI=1S/C21H21FN2O5S/c1-30-17-10-18(21(27)28)24(12-17)19(25)11-23-20(26)13-2-6-15(7-3-13)29-16-8-4-14(22)5-9-16/h2-9,17-18H,10-12H2,1H3,(H,23,26)(H,27,28)/t17-,18+/m1/s1. The van der Waals surface area contributed by atoms with Crippen LogP contribution in [0.25, 0.3) is 0 Å². The zero-order valence-corrected chi connectivity index (χ0v) is 17.0. The molecule has 0 spiro atoms. The Kier molecular flexibility index (Phi) is 6.94. The summed E-state index contributed by atoms with van der Waals surface area (Å²) in [5, 5.41) is 11.9. The van der Waals surface area contributed by atoms with Gasteiger partial charge >= 0.3 is 5.97 Å². The molecular formula is C21H21FN2O5S. The number of carboxylic acids is 1. The van der Waals surface area contributed by atoms with E-state index < -0.39 is 23.8 Å². The van der Waals surface area contributed by atoms with Crippen molar-refractivity contribution in [1.82, 2.24) is 10.2 Å². The van der Waals surface area contributed by atoms with Crippen molar-refractivity contribution in [2.45, 2.75) is 17.7 Å². The number of carbonyl (C=O) groups excluding carboxylic acids is 2. The Morgan fingerprint density at radius 1 is 1.13 bits per heavy atom. The second-order valence-electron chi connectivity index (χ2n) is 6.76. The predicted octanol–water partition coefficient (Wildman–Crippen LogP) is 2.76. The van der Waals surface area contributed by atoms with Crippen molar-refractivity contribution in [1.29, 1.82) is 0 Å². The zero-order chi connectivity index (χ0) is 21.7. The van der Waals surface area contributed by atoms with E-state index in [4.69, 9.17) is 4.74 Å². The summed E-state index contributed by atoms with van der Waals surface area (Å²) < 4.78 is 18.5. The summed E-state index contributed by atoms with van der Waals surface area (Å²) in [6, 6.07) is 10.9. The van der Waals surface area contributed by atoms with Crippen LogP contribution in [0, 0.1) is 5.82 Å². The predicted molar refractivity (Wildman–Crippen MR) is 110 cm³/mol. The van der Waals surface area contributed by atoms with Gasteiger partial charge in [-0.2, -0.15) is 11.8 Å². The highest BCUT2D eigenvalue weighted by Gasteiger charge is 2.39. The van der Waals surface area contributed by atoms with Gasteiger partial charge in [-0.1, -0.05) is 0 Å². The minimum Gasteiger partial charge on any atom is -0.480 e. The molecule has 2 atom stereocenters. The monoisotopic (exact) mass is 432 g/mol. The summed E-state index contributed by atoms with van der Waals surface area (Å²) in [5.74, 6) is -1.35. The highest BCUT2D eigenvalue weighted by atomic mass is 32.2. The molecule has 9 heteroatoms. The lowest BCUT2D eigenvalue weighted by Gasteiger charge is -2.21. The second kappa shape index (κ2) is 9.62. The molecule has 0 aromatic heterocycles. The lowest BCUT2D eigenvalue weighted by Crippen LogP contribution is -2.45. The summed E-state index contributed by atoms with van der Waals surface area (Å²) in [7, 11) is 0. The van der Waals surface area contributed by atoms with Gasteiger partial charge in [0.15, 0.2) is 0 Å². The maximum absolute atomic E-state index is 12.9. The van der Waals surface area contributed by atoms with Gasteiger partial charge < -0.3 is 20.1 Å². The summed E-state index contributed by atoms with van der Waals surface area (Å²) in [5.41, 5.74) is 0.326. The van der Waals surface area contributed by atoms with Crippen LogP contribution < -0.4 is 10.1 Å². The van der Waals surface area contributed by atoms with Crippen LogP contribution in [0.3, 0.4) is 0 Å². The van der Waals surface area contributed by atoms with Crippen LogP contribution in [-0.4, -0.2) is 58.4 Å². The molecule has 2 N–H and O–H groups in total. The first-order valence-electron chi connectivity index (χ1n) is 9.24. The number of thioether (sulfide) groups is 1. The largest absolute Gasteiger partial charge is 0.480 e. The lowest BCUT2D eigenvalue weighted by atomic mass is 10.2. The van der Waals surface area contributed by atoms with Gasteiger partial charge in [-0.3, -0.25) is 9.59 Å². The number of nitrogens with zero attached hydrogens (tertiary/aromatic N) is 1. The molecule has 3 rings (SSSR count). The Morgan fingerprint density at radius 2 is 1.73 bits per heavy atom. The van der Waals surface area contributed by atoms with E-state index in [9.17, 15) is 23.9 Å². The molecule has 0 radical (unpaired) electrons. The normalized spacial score (nSPS) is 18.1. The van der Waals surface area contributed by atoms with Crippen LogP contribution in [0.5, 0.6) is 11.5 Å². The Bertz CT molecular complexity index is 920. The molecule has 1 fully saturated rings. The summed E-state index contributed by atoms with van der Waals surface area (Å²) in [4.78, 5) is 37.5. The summed E-state index contributed by atoms with van der Waals surface area (Å²) >= 11 is 1.52. The van der Waals surface area contributed by atoms with Crippen molar-refractivity contribution in [3.8, 4) is 11.5 Å². The SMILES string of the molecule is CS[C@@H]1C[C@@H](C(=O)O)N(C(=O)CNC(=O)c2ccc(Oc3ccc(F)cc3)cc2)C1. The summed E-state index contributed by atoms with van der Waals surface area (Å²) in [6.45, 7) is 0.0692. The van der Waals surface area contributed by atoms with E-state index in [2.05, 4.69) is 5.32 Å². The van der Waals surface area contributed by atoms with Crippen LogP contribution in [0.15, 0.2) is 48.5 Å². The zero-order valence-electron chi connectivity index (χ0n) is 16.2. The molecule has 0 bridgehead atoms. The maximum Gasteiger partial charge on any atom is 0.326 e. The number of ether oxygens (including phenoxy) is 1. The van der Waals surface area contributed by atoms with Gasteiger partial charge in [0.05, 0.1) is 6.54 Å². The van der Waals surface area contributed by atoms with E-state index in [1.165, 1.54) is 40.9 Å². The van der Waals surface area contributed by atoms with Crippen LogP contribution in [-0.2, 0) is 9.59 Å². The minimum absolute atomic E-state index is 0.0689. The number of hydrogen-bond donors (Lipinski definition) is 2. The fourth-order valence-electron chi connectivity index (χ4n) is 3.15. The van der Waals surface area contributed by atoms with E-state index in [1.807, 2.05) is 6.26 Å². The number of aliphatic carboxylic acids is 1. The summed E-state index contributed by atoms with van der Waals surface area (Å²) in [6.07, 6.45) is 2.27. The average Bonchev–Trinajstić information content (AvgIpc) is 3.19. The molecule has 30 heavy (non-hydrogen) atoms. The molecular weight excluding hydrogens is 411 g/mol. The molecule has 7 nitrogen and oxygen atoms in total. The van der Waals surface area contributed by atoms with Crippen LogP contribution in [0.2, 0.25) is 0 Å². The topological polar surface area (TPSA) is 95.9 Å². The molecule has 0 saturated carbocycles. The number of carboxylic acid groups (broad SMARTS) is 1. The number of halogens is 1. The number of rotatable bonds is 7. The van der Waals surface area contributed by atoms with E-state index in [0.717, 1.165) is 0 Å².